The summed E-state index contributed by atoms with van der Waals surface area (Å²) in [6, 6.07) is 2.02. The second-order valence-electron chi connectivity index (χ2n) is 5.11. The Kier molecular flexibility index (Phi) is 3.46. The zero-order chi connectivity index (χ0) is 13.2. The van der Waals surface area contributed by atoms with E-state index in [1.807, 2.05) is 26.1 Å². The molecule has 0 aliphatic carbocycles. The lowest BCUT2D eigenvalue weighted by atomic mass is 9.99. The highest BCUT2D eigenvalue weighted by Crippen LogP contribution is 2.29. The first kappa shape index (κ1) is 12.5. The van der Waals surface area contributed by atoms with Crippen LogP contribution in [0.5, 0.6) is 0 Å². The van der Waals surface area contributed by atoms with Gasteiger partial charge in [0.15, 0.2) is 0 Å². The molecule has 1 fully saturated rings. The van der Waals surface area contributed by atoms with Gasteiger partial charge < -0.3 is 4.90 Å². The Labute approximate surface area is 117 Å². The summed E-state index contributed by atoms with van der Waals surface area (Å²) < 4.78 is 0. The third-order valence-electron chi connectivity index (χ3n) is 3.48. The van der Waals surface area contributed by atoms with Crippen molar-refractivity contribution < 1.29 is 0 Å². The molecule has 0 amide bonds. The van der Waals surface area contributed by atoms with Crippen LogP contribution in [0.25, 0.3) is 0 Å². The predicted molar refractivity (Wildman–Crippen MR) is 77.8 cm³/mol. The molecule has 2 aromatic rings. The van der Waals surface area contributed by atoms with Crippen molar-refractivity contribution in [3.8, 4) is 0 Å². The average molecular weight is 274 g/mol. The first-order chi connectivity index (χ1) is 9.22. The summed E-state index contributed by atoms with van der Waals surface area (Å²) >= 11 is 1.75. The molecule has 5 heteroatoms. The number of aryl methyl sites for hydroxylation is 2. The van der Waals surface area contributed by atoms with Crippen molar-refractivity contribution in [3.63, 3.8) is 0 Å². The molecule has 0 unspecified atom stereocenters. The van der Waals surface area contributed by atoms with Gasteiger partial charge in [0, 0.05) is 42.0 Å². The third kappa shape index (κ3) is 2.76. The Morgan fingerprint density at radius 3 is 2.74 bits per heavy atom. The molecule has 1 aliphatic heterocycles. The van der Waals surface area contributed by atoms with E-state index in [9.17, 15) is 0 Å². The van der Waals surface area contributed by atoms with Crippen LogP contribution in [-0.2, 0) is 0 Å². The van der Waals surface area contributed by atoms with E-state index in [0.29, 0.717) is 5.92 Å². The Bertz CT molecular complexity index is 532. The van der Waals surface area contributed by atoms with Crippen molar-refractivity contribution in [2.45, 2.75) is 32.6 Å². The SMILES string of the molecule is Cc1cc(C)nc(N2CCC[C@H](c3nccs3)C2)n1. The molecule has 1 aliphatic rings. The van der Waals surface area contributed by atoms with Crippen LogP contribution in [0, 0.1) is 13.8 Å². The van der Waals surface area contributed by atoms with Crippen molar-refractivity contribution in [3.05, 3.63) is 34.0 Å². The number of hydrogen-bond acceptors (Lipinski definition) is 5. The Morgan fingerprint density at radius 2 is 2.05 bits per heavy atom. The molecule has 0 spiro atoms. The zero-order valence-electron chi connectivity index (χ0n) is 11.3. The fourth-order valence-corrected chi connectivity index (χ4v) is 3.41. The molecule has 3 heterocycles. The minimum Gasteiger partial charge on any atom is -0.340 e. The molecule has 100 valence electrons. The molecular weight excluding hydrogens is 256 g/mol. The van der Waals surface area contributed by atoms with Crippen molar-refractivity contribution in [2.75, 3.05) is 18.0 Å². The maximum atomic E-state index is 4.57. The maximum Gasteiger partial charge on any atom is 0.225 e. The Balaban J connectivity index is 1.81. The topological polar surface area (TPSA) is 41.9 Å². The van der Waals surface area contributed by atoms with Gasteiger partial charge in [0.05, 0.1) is 5.01 Å². The van der Waals surface area contributed by atoms with E-state index in [0.717, 1.165) is 30.4 Å². The summed E-state index contributed by atoms with van der Waals surface area (Å²) in [7, 11) is 0. The lowest BCUT2D eigenvalue weighted by molar-refractivity contribution is 0.501. The first-order valence-electron chi connectivity index (χ1n) is 6.69. The van der Waals surface area contributed by atoms with Crippen LogP contribution in [0.2, 0.25) is 0 Å². The van der Waals surface area contributed by atoms with Crippen LogP contribution in [0.1, 0.15) is 35.2 Å². The highest BCUT2D eigenvalue weighted by Gasteiger charge is 2.24. The Morgan fingerprint density at radius 1 is 1.26 bits per heavy atom. The molecule has 0 radical (unpaired) electrons. The average Bonchev–Trinajstić information content (AvgIpc) is 2.92. The Hall–Kier alpha value is -1.49. The van der Waals surface area contributed by atoms with Gasteiger partial charge in [-0.05, 0) is 32.8 Å². The third-order valence-corrected chi connectivity index (χ3v) is 4.41. The van der Waals surface area contributed by atoms with Gasteiger partial charge in [-0.15, -0.1) is 11.3 Å². The summed E-state index contributed by atoms with van der Waals surface area (Å²) in [6.07, 6.45) is 4.29. The number of hydrogen-bond donors (Lipinski definition) is 0. The van der Waals surface area contributed by atoms with Gasteiger partial charge >= 0.3 is 0 Å². The monoisotopic (exact) mass is 274 g/mol. The van der Waals surface area contributed by atoms with Crippen LogP contribution >= 0.6 is 11.3 Å². The molecule has 0 N–H and O–H groups in total. The van der Waals surface area contributed by atoms with E-state index in [1.165, 1.54) is 17.8 Å². The minimum absolute atomic E-state index is 0.526. The van der Waals surface area contributed by atoms with E-state index in [2.05, 4.69) is 25.2 Å². The van der Waals surface area contributed by atoms with Gasteiger partial charge in [0.1, 0.15) is 0 Å². The number of nitrogens with zero attached hydrogens (tertiary/aromatic N) is 4. The van der Waals surface area contributed by atoms with Gasteiger partial charge in [0.25, 0.3) is 0 Å². The fraction of sp³-hybridized carbons (Fsp3) is 0.500. The second kappa shape index (κ2) is 5.25. The number of thiazole rings is 1. The van der Waals surface area contributed by atoms with E-state index in [4.69, 9.17) is 0 Å². The number of piperidine rings is 1. The molecule has 4 nitrogen and oxygen atoms in total. The van der Waals surface area contributed by atoms with Gasteiger partial charge in [0.2, 0.25) is 5.95 Å². The van der Waals surface area contributed by atoms with Gasteiger partial charge in [-0.2, -0.15) is 0 Å². The van der Waals surface area contributed by atoms with Crippen LogP contribution in [-0.4, -0.2) is 28.0 Å². The predicted octanol–water partition coefficient (Wildman–Crippen LogP) is 2.93. The summed E-state index contributed by atoms with van der Waals surface area (Å²) in [5.41, 5.74) is 2.08. The second-order valence-corrected chi connectivity index (χ2v) is 6.03. The van der Waals surface area contributed by atoms with Gasteiger partial charge in [-0.1, -0.05) is 0 Å². The van der Waals surface area contributed by atoms with Gasteiger partial charge in [-0.25, -0.2) is 15.0 Å². The molecule has 19 heavy (non-hydrogen) atoms. The van der Waals surface area contributed by atoms with Crippen LogP contribution in [0.15, 0.2) is 17.6 Å². The van der Waals surface area contributed by atoms with Crippen molar-refractivity contribution in [1.82, 2.24) is 15.0 Å². The summed E-state index contributed by atoms with van der Waals surface area (Å²) in [5.74, 6) is 1.40. The summed E-state index contributed by atoms with van der Waals surface area (Å²) in [5, 5.41) is 3.30. The van der Waals surface area contributed by atoms with Crippen LogP contribution < -0.4 is 4.90 Å². The summed E-state index contributed by atoms with van der Waals surface area (Å²) in [4.78, 5) is 15.9. The van der Waals surface area contributed by atoms with Crippen LogP contribution in [0.3, 0.4) is 0 Å². The van der Waals surface area contributed by atoms with Crippen molar-refractivity contribution in [2.24, 2.45) is 0 Å². The minimum atomic E-state index is 0.526. The lowest BCUT2D eigenvalue weighted by Crippen LogP contribution is -2.35. The highest BCUT2D eigenvalue weighted by atomic mass is 32.1. The zero-order valence-corrected chi connectivity index (χ0v) is 12.2. The number of anilines is 1. The molecule has 1 saturated heterocycles. The van der Waals surface area contributed by atoms with Crippen LogP contribution in [0.4, 0.5) is 5.95 Å². The van der Waals surface area contributed by atoms with E-state index < -0.39 is 0 Å². The highest BCUT2D eigenvalue weighted by molar-refractivity contribution is 7.09. The first-order valence-corrected chi connectivity index (χ1v) is 7.57. The molecule has 3 rings (SSSR count). The standard InChI is InChI=1S/C14H18N4S/c1-10-8-11(2)17-14(16-10)18-6-3-4-12(9-18)13-15-5-7-19-13/h5,7-8,12H,3-4,6,9H2,1-2H3/t12-/m0/s1. The van der Waals surface area contributed by atoms with E-state index in [-0.39, 0.29) is 0 Å². The molecule has 1 atom stereocenters. The van der Waals surface area contributed by atoms with E-state index in [1.54, 1.807) is 11.3 Å². The van der Waals surface area contributed by atoms with Crippen molar-refractivity contribution >= 4 is 17.3 Å². The quantitative estimate of drug-likeness (QED) is 0.844. The normalized spacial score (nSPS) is 19.7. The molecule has 0 aromatic carbocycles. The lowest BCUT2D eigenvalue weighted by Gasteiger charge is -2.32. The largest absolute Gasteiger partial charge is 0.340 e. The van der Waals surface area contributed by atoms with E-state index >= 15 is 0 Å². The maximum absolute atomic E-state index is 4.57. The smallest absolute Gasteiger partial charge is 0.225 e. The molecule has 0 bridgehead atoms. The molecule has 2 aromatic heterocycles. The number of rotatable bonds is 2. The number of aromatic nitrogens is 3. The van der Waals surface area contributed by atoms with Gasteiger partial charge in [-0.3, -0.25) is 0 Å². The van der Waals surface area contributed by atoms with Crippen molar-refractivity contribution in [1.29, 1.82) is 0 Å². The fourth-order valence-electron chi connectivity index (χ4n) is 2.65. The molecule has 0 saturated carbocycles. The summed E-state index contributed by atoms with van der Waals surface area (Å²) in [6.45, 7) is 6.09. The molecular formula is C14H18N4S.